The number of aryl methyl sites for hydroxylation is 1. The summed E-state index contributed by atoms with van der Waals surface area (Å²) in [7, 11) is 1.90. The fourth-order valence-corrected chi connectivity index (χ4v) is 3.20. The van der Waals surface area contributed by atoms with Crippen LogP contribution >= 0.6 is 11.5 Å². The highest BCUT2D eigenvalue weighted by Crippen LogP contribution is 2.22. The summed E-state index contributed by atoms with van der Waals surface area (Å²) in [6.07, 6.45) is 3.67. The molecule has 1 aliphatic rings. The maximum absolute atomic E-state index is 13.7. The summed E-state index contributed by atoms with van der Waals surface area (Å²) in [5.41, 5.74) is 2.06. The van der Waals surface area contributed by atoms with Crippen molar-refractivity contribution >= 4 is 11.5 Å². The van der Waals surface area contributed by atoms with E-state index in [0.29, 0.717) is 19.5 Å². The standard InChI is InChI=1S/C13H19FN6S/c1-19-6-10(3-16-19)7-20-8-11(14)2-13(20)5-15-4-12-9-21-18-17-12/h3,6,9,11,13,15H,2,4-5,7-8H2,1H3/t11-,13-/m0/s1. The maximum Gasteiger partial charge on any atom is 0.114 e. The quantitative estimate of drug-likeness (QED) is 0.862. The Bertz CT molecular complexity index is 557. The molecule has 0 saturated carbocycles. The lowest BCUT2D eigenvalue weighted by Crippen LogP contribution is -2.37. The average Bonchev–Trinajstić information content (AvgIpc) is 3.14. The molecule has 1 aliphatic heterocycles. The molecule has 0 spiro atoms. The molecule has 0 aromatic carbocycles. The number of hydrogen-bond acceptors (Lipinski definition) is 6. The van der Waals surface area contributed by atoms with E-state index in [4.69, 9.17) is 0 Å². The topological polar surface area (TPSA) is 58.9 Å². The molecule has 1 saturated heterocycles. The van der Waals surface area contributed by atoms with Crippen molar-refractivity contribution in [1.29, 1.82) is 0 Å². The van der Waals surface area contributed by atoms with Gasteiger partial charge in [0.25, 0.3) is 0 Å². The second-order valence-corrected chi connectivity index (χ2v) is 6.08. The number of nitrogens with one attached hydrogen (secondary N) is 1. The second kappa shape index (κ2) is 6.59. The molecule has 114 valence electrons. The van der Waals surface area contributed by atoms with Gasteiger partial charge >= 0.3 is 0 Å². The lowest BCUT2D eigenvalue weighted by atomic mass is 10.2. The zero-order chi connectivity index (χ0) is 14.7. The van der Waals surface area contributed by atoms with Gasteiger partial charge < -0.3 is 5.32 Å². The van der Waals surface area contributed by atoms with E-state index in [9.17, 15) is 4.39 Å². The van der Waals surface area contributed by atoms with Crippen LogP contribution in [0.3, 0.4) is 0 Å². The third-order valence-electron chi connectivity index (χ3n) is 3.71. The molecule has 0 amide bonds. The first-order valence-corrected chi connectivity index (χ1v) is 7.86. The minimum Gasteiger partial charge on any atom is -0.310 e. The van der Waals surface area contributed by atoms with Gasteiger partial charge in [0.1, 0.15) is 6.17 Å². The first-order chi connectivity index (χ1) is 10.2. The highest BCUT2D eigenvalue weighted by molar-refractivity contribution is 7.03. The van der Waals surface area contributed by atoms with Crippen LogP contribution < -0.4 is 5.32 Å². The van der Waals surface area contributed by atoms with Gasteiger partial charge in [-0.3, -0.25) is 9.58 Å². The largest absolute Gasteiger partial charge is 0.310 e. The van der Waals surface area contributed by atoms with Gasteiger partial charge in [-0.2, -0.15) is 5.10 Å². The number of nitrogens with zero attached hydrogens (tertiary/aromatic N) is 5. The van der Waals surface area contributed by atoms with Crippen molar-refractivity contribution in [3.8, 4) is 0 Å². The number of aromatic nitrogens is 4. The highest BCUT2D eigenvalue weighted by atomic mass is 32.1. The molecule has 0 bridgehead atoms. The second-order valence-electron chi connectivity index (χ2n) is 5.47. The summed E-state index contributed by atoms with van der Waals surface area (Å²) in [6.45, 7) is 2.70. The SMILES string of the molecule is Cn1cc(CN2C[C@@H](F)C[C@H]2CNCc2csnn2)cn1. The normalized spacial score (nSPS) is 23.0. The first-order valence-electron chi connectivity index (χ1n) is 7.03. The monoisotopic (exact) mass is 310 g/mol. The molecule has 1 N–H and O–H groups in total. The van der Waals surface area contributed by atoms with Crippen molar-refractivity contribution in [1.82, 2.24) is 29.6 Å². The van der Waals surface area contributed by atoms with Gasteiger partial charge in [0, 0.05) is 56.4 Å². The summed E-state index contributed by atoms with van der Waals surface area (Å²) in [4.78, 5) is 2.19. The van der Waals surface area contributed by atoms with Crippen molar-refractivity contribution in [3.63, 3.8) is 0 Å². The van der Waals surface area contributed by atoms with Gasteiger partial charge in [0.2, 0.25) is 0 Å². The highest BCUT2D eigenvalue weighted by Gasteiger charge is 2.31. The third-order valence-corrected chi connectivity index (χ3v) is 4.27. The smallest absolute Gasteiger partial charge is 0.114 e. The molecular formula is C13H19FN6S. The van der Waals surface area contributed by atoms with Gasteiger partial charge in [-0.25, -0.2) is 4.39 Å². The molecule has 6 nitrogen and oxygen atoms in total. The van der Waals surface area contributed by atoms with Gasteiger partial charge in [-0.05, 0) is 18.0 Å². The molecule has 3 rings (SSSR count). The number of likely N-dealkylation sites (tertiary alicyclic amines) is 1. The van der Waals surface area contributed by atoms with E-state index in [0.717, 1.165) is 24.3 Å². The van der Waals surface area contributed by atoms with Crippen LogP contribution in [0.15, 0.2) is 17.8 Å². The van der Waals surface area contributed by atoms with Crippen LogP contribution in [0.5, 0.6) is 0 Å². The lowest BCUT2D eigenvalue weighted by Gasteiger charge is -2.23. The summed E-state index contributed by atoms with van der Waals surface area (Å²) < 4.78 is 19.3. The van der Waals surface area contributed by atoms with Crippen LogP contribution in [-0.2, 0) is 20.1 Å². The Balaban J connectivity index is 1.52. The Kier molecular flexibility index (Phi) is 4.57. The van der Waals surface area contributed by atoms with Gasteiger partial charge in [-0.15, -0.1) is 5.10 Å². The Morgan fingerprint density at radius 3 is 3.14 bits per heavy atom. The minimum absolute atomic E-state index is 0.215. The maximum atomic E-state index is 13.7. The molecule has 0 unspecified atom stereocenters. The number of alkyl halides is 1. The summed E-state index contributed by atoms with van der Waals surface area (Å²) in [6, 6.07) is 0.215. The predicted octanol–water partition coefficient (Wildman–Crippen LogP) is 0.974. The molecule has 8 heteroatoms. The van der Waals surface area contributed by atoms with E-state index < -0.39 is 6.17 Å². The van der Waals surface area contributed by atoms with Crippen LogP contribution in [-0.4, -0.2) is 49.6 Å². The zero-order valence-electron chi connectivity index (χ0n) is 11.9. The fourth-order valence-electron chi connectivity index (χ4n) is 2.74. The fraction of sp³-hybridized carbons (Fsp3) is 0.615. The number of halogens is 1. The summed E-state index contributed by atoms with van der Waals surface area (Å²) in [5.74, 6) is 0. The van der Waals surface area contributed by atoms with Crippen LogP contribution in [0.4, 0.5) is 4.39 Å². The molecule has 0 radical (unpaired) electrons. The van der Waals surface area contributed by atoms with Crippen molar-refractivity contribution in [2.45, 2.75) is 31.7 Å². The molecule has 2 atom stereocenters. The van der Waals surface area contributed by atoms with Crippen LogP contribution in [0, 0.1) is 0 Å². The Hall–Kier alpha value is -1.38. The van der Waals surface area contributed by atoms with E-state index in [2.05, 4.69) is 24.9 Å². The van der Waals surface area contributed by atoms with E-state index in [-0.39, 0.29) is 6.04 Å². The molecule has 21 heavy (non-hydrogen) atoms. The predicted molar refractivity (Wildman–Crippen MR) is 78.5 cm³/mol. The Morgan fingerprint density at radius 2 is 2.43 bits per heavy atom. The molecule has 2 aromatic heterocycles. The average molecular weight is 310 g/mol. The molecule has 1 fully saturated rings. The van der Waals surface area contributed by atoms with Crippen molar-refractivity contribution < 1.29 is 4.39 Å². The van der Waals surface area contributed by atoms with E-state index in [1.807, 2.05) is 24.8 Å². The van der Waals surface area contributed by atoms with Gasteiger partial charge in [0.15, 0.2) is 0 Å². The molecule has 0 aliphatic carbocycles. The van der Waals surface area contributed by atoms with Crippen LogP contribution in [0.1, 0.15) is 17.7 Å². The van der Waals surface area contributed by atoms with E-state index in [1.165, 1.54) is 11.5 Å². The lowest BCUT2D eigenvalue weighted by molar-refractivity contribution is 0.230. The number of hydrogen-bond donors (Lipinski definition) is 1. The Labute approximate surface area is 127 Å². The molecular weight excluding hydrogens is 291 g/mol. The van der Waals surface area contributed by atoms with Gasteiger partial charge in [0.05, 0.1) is 11.9 Å². The van der Waals surface area contributed by atoms with Crippen molar-refractivity contribution in [2.75, 3.05) is 13.1 Å². The summed E-state index contributed by atoms with van der Waals surface area (Å²) in [5, 5.41) is 13.4. The van der Waals surface area contributed by atoms with E-state index >= 15 is 0 Å². The van der Waals surface area contributed by atoms with Crippen LogP contribution in [0.25, 0.3) is 0 Å². The third kappa shape index (κ3) is 3.84. The van der Waals surface area contributed by atoms with Gasteiger partial charge in [-0.1, -0.05) is 4.49 Å². The van der Waals surface area contributed by atoms with E-state index in [1.54, 1.807) is 4.68 Å². The van der Waals surface area contributed by atoms with Crippen LogP contribution in [0.2, 0.25) is 0 Å². The first kappa shape index (κ1) is 14.6. The number of rotatable bonds is 6. The summed E-state index contributed by atoms with van der Waals surface area (Å²) >= 11 is 1.35. The molecule has 3 heterocycles. The zero-order valence-corrected chi connectivity index (χ0v) is 12.8. The molecule has 2 aromatic rings. The van der Waals surface area contributed by atoms with Crippen molar-refractivity contribution in [2.24, 2.45) is 7.05 Å². The van der Waals surface area contributed by atoms with Crippen molar-refractivity contribution in [3.05, 3.63) is 29.0 Å². The Morgan fingerprint density at radius 1 is 1.52 bits per heavy atom. The minimum atomic E-state index is -0.741.